The second-order valence-corrected chi connectivity index (χ2v) is 3.92. The number of nitrogens with two attached hydrogens (primary N) is 1. The Hall–Kier alpha value is -0.870. The second-order valence-electron chi connectivity index (χ2n) is 3.07. The van der Waals surface area contributed by atoms with Crippen LogP contribution < -0.4 is 11.1 Å². The fourth-order valence-electron chi connectivity index (χ4n) is 1.42. The first-order valence-electron chi connectivity index (χ1n) is 4.02. The molecular formula is C9H9BrN2O. The number of anilines is 1. The summed E-state index contributed by atoms with van der Waals surface area (Å²) in [6, 6.07) is 5.29. The number of amides is 1. The number of hydrogen-bond acceptors (Lipinski definition) is 2. The van der Waals surface area contributed by atoms with Gasteiger partial charge in [0, 0.05) is 10.2 Å². The van der Waals surface area contributed by atoms with E-state index in [1.165, 1.54) is 0 Å². The zero-order valence-corrected chi connectivity index (χ0v) is 8.47. The van der Waals surface area contributed by atoms with Crippen LogP contribution in [-0.4, -0.2) is 11.9 Å². The summed E-state index contributed by atoms with van der Waals surface area (Å²) in [5.74, 6) is -0.106. The molecule has 1 atom stereocenters. The molecule has 3 N–H and O–H groups in total. The summed E-state index contributed by atoms with van der Waals surface area (Å²) in [5.41, 5.74) is 7.57. The van der Waals surface area contributed by atoms with Gasteiger partial charge in [-0.1, -0.05) is 22.0 Å². The van der Waals surface area contributed by atoms with Crippen LogP contribution in [-0.2, 0) is 11.2 Å². The van der Waals surface area contributed by atoms with Crippen molar-refractivity contribution >= 4 is 27.5 Å². The number of halogens is 1. The summed E-state index contributed by atoms with van der Waals surface area (Å²) >= 11 is 3.42. The van der Waals surface area contributed by atoms with E-state index < -0.39 is 6.04 Å². The number of fused-ring (bicyclic) bond motifs is 1. The average Bonchev–Trinajstić information content (AvgIpc) is 2.09. The monoisotopic (exact) mass is 240 g/mol. The van der Waals surface area contributed by atoms with Gasteiger partial charge in [0.25, 0.3) is 0 Å². The third kappa shape index (κ3) is 1.47. The molecule has 1 aromatic carbocycles. The van der Waals surface area contributed by atoms with Gasteiger partial charge in [0.1, 0.15) is 0 Å². The van der Waals surface area contributed by atoms with Crippen molar-refractivity contribution in [3.8, 4) is 0 Å². The van der Waals surface area contributed by atoms with Gasteiger partial charge in [0.2, 0.25) is 5.91 Å². The van der Waals surface area contributed by atoms with Gasteiger partial charge in [-0.3, -0.25) is 4.79 Å². The van der Waals surface area contributed by atoms with E-state index in [2.05, 4.69) is 21.2 Å². The Morgan fingerprint density at radius 3 is 3.08 bits per heavy atom. The van der Waals surface area contributed by atoms with Gasteiger partial charge in [-0.05, 0) is 24.1 Å². The Balaban J connectivity index is 2.48. The molecule has 0 spiro atoms. The first kappa shape index (κ1) is 8.72. The molecule has 0 bridgehead atoms. The van der Waals surface area contributed by atoms with E-state index >= 15 is 0 Å². The summed E-state index contributed by atoms with van der Waals surface area (Å²) in [6.07, 6.45) is 0.600. The highest BCUT2D eigenvalue weighted by Gasteiger charge is 2.23. The lowest BCUT2D eigenvalue weighted by atomic mass is 10.00. The van der Waals surface area contributed by atoms with Crippen LogP contribution in [0.25, 0.3) is 0 Å². The van der Waals surface area contributed by atoms with Crippen LogP contribution in [0.5, 0.6) is 0 Å². The molecule has 0 saturated carbocycles. The molecule has 3 nitrogen and oxygen atoms in total. The highest BCUT2D eigenvalue weighted by atomic mass is 79.9. The number of rotatable bonds is 0. The van der Waals surface area contributed by atoms with Crippen LogP contribution >= 0.6 is 15.9 Å². The van der Waals surface area contributed by atoms with Gasteiger partial charge < -0.3 is 11.1 Å². The molecule has 1 heterocycles. The van der Waals surface area contributed by atoms with Crippen LogP contribution in [0.15, 0.2) is 22.7 Å². The Morgan fingerprint density at radius 2 is 2.31 bits per heavy atom. The van der Waals surface area contributed by atoms with E-state index in [4.69, 9.17) is 5.73 Å². The minimum atomic E-state index is -0.425. The van der Waals surface area contributed by atoms with Crippen molar-refractivity contribution < 1.29 is 4.79 Å². The first-order chi connectivity index (χ1) is 6.18. The summed E-state index contributed by atoms with van der Waals surface area (Å²) in [4.78, 5) is 11.2. The normalized spacial score (nSPS) is 20.8. The Kier molecular flexibility index (Phi) is 2.09. The minimum Gasteiger partial charge on any atom is -0.324 e. The molecule has 0 aliphatic carbocycles. The van der Waals surface area contributed by atoms with Crippen molar-refractivity contribution in [2.24, 2.45) is 5.73 Å². The van der Waals surface area contributed by atoms with Gasteiger partial charge in [-0.2, -0.15) is 0 Å². The van der Waals surface area contributed by atoms with Crippen LogP contribution in [0.2, 0.25) is 0 Å². The molecule has 0 saturated heterocycles. The maximum absolute atomic E-state index is 11.2. The number of hydrogen-bond donors (Lipinski definition) is 2. The number of nitrogens with one attached hydrogen (secondary N) is 1. The summed E-state index contributed by atoms with van der Waals surface area (Å²) in [6.45, 7) is 0. The number of carbonyl (C=O) groups is 1. The number of carbonyl (C=O) groups excluding carboxylic acids is 1. The van der Waals surface area contributed by atoms with E-state index in [0.717, 1.165) is 15.7 Å². The summed E-state index contributed by atoms with van der Waals surface area (Å²) in [7, 11) is 0. The topological polar surface area (TPSA) is 55.1 Å². The largest absolute Gasteiger partial charge is 0.324 e. The SMILES string of the molecule is NC1Cc2c(Br)cccc2NC1=O. The third-order valence-electron chi connectivity index (χ3n) is 2.14. The fraction of sp³-hybridized carbons (Fsp3) is 0.222. The predicted octanol–water partition coefficient (Wildman–Crippen LogP) is 1.27. The lowest BCUT2D eigenvalue weighted by molar-refractivity contribution is -0.117. The molecule has 1 aliphatic rings. The molecule has 0 aromatic heterocycles. The van der Waals surface area contributed by atoms with Gasteiger partial charge in [-0.15, -0.1) is 0 Å². The fourth-order valence-corrected chi connectivity index (χ4v) is 1.95. The molecule has 1 amide bonds. The Labute approximate surface area is 84.4 Å². The van der Waals surface area contributed by atoms with Gasteiger partial charge in [0.15, 0.2) is 0 Å². The van der Waals surface area contributed by atoms with Crippen molar-refractivity contribution in [1.82, 2.24) is 0 Å². The van der Waals surface area contributed by atoms with Crippen molar-refractivity contribution in [2.75, 3.05) is 5.32 Å². The van der Waals surface area contributed by atoms with Crippen molar-refractivity contribution in [1.29, 1.82) is 0 Å². The molecule has 4 heteroatoms. The predicted molar refractivity (Wildman–Crippen MR) is 54.5 cm³/mol. The van der Waals surface area contributed by atoms with E-state index in [1.54, 1.807) is 0 Å². The molecular weight excluding hydrogens is 232 g/mol. The maximum Gasteiger partial charge on any atom is 0.241 e. The average molecular weight is 241 g/mol. The second kappa shape index (κ2) is 3.12. The standard InChI is InChI=1S/C9H9BrN2O/c10-6-2-1-3-8-5(6)4-7(11)9(13)12-8/h1-3,7H,4,11H2,(H,12,13). The van der Waals surface area contributed by atoms with Gasteiger partial charge in [0.05, 0.1) is 6.04 Å². The van der Waals surface area contributed by atoms with E-state index in [9.17, 15) is 4.79 Å². The molecule has 68 valence electrons. The minimum absolute atomic E-state index is 0.106. The third-order valence-corrected chi connectivity index (χ3v) is 2.88. The lowest BCUT2D eigenvalue weighted by Crippen LogP contribution is -2.41. The highest BCUT2D eigenvalue weighted by Crippen LogP contribution is 2.28. The highest BCUT2D eigenvalue weighted by molar-refractivity contribution is 9.10. The lowest BCUT2D eigenvalue weighted by Gasteiger charge is -2.22. The van der Waals surface area contributed by atoms with E-state index in [1.807, 2.05) is 18.2 Å². The summed E-state index contributed by atoms with van der Waals surface area (Å²) < 4.78 is 1.00. The van der Waals surface area contributed by atoms with Crippen LogP contribution in [0, 0.1) is 0 Å². The zero-order chi connectivity index (χ0) is 9.42. The Bertz CT molecular complexity index is 365. The van der Waals surface area contributed by atoms with Crippen molar-refractivity contribution in [3.63, 3.8) is 0 Å². The smallest absolute Gasteiger partial charge is 0.241 e. The van der Waals surface area contributed by atoms with E-state index in [0.29, 0.717) is 6.42 Å². The quantitative estimate of drug-likeness (QED) is 0.718. The van der Waals surface area contributed by atoms with Gasteiger partial charge in [-0.25, -0.2) is 0 Å². The van der Waals surface area contributed by atoms with Crippen LogP contribution in [0.4, 0.5) is 5.69 Å². The van der Waals surface area contributed by atoms with Crippen molar-refractivity contribution in [3.05, 3.63) is 28.2 Å². The molecule has 1 aromatic rings. The van der Waals surface area contributed by atoms with Crippen molar-refractivity contribution in [2.45, 2.75) is 12.5 Å². The van der Waals surface area contributed by atoms with Crippen LogP contribution in [0.3, 0.4) is 0 Å². The molecule has 1 unspecified atom stereocenters. The molecule has 13 heavy (non-hydrogen) atoms. The first-order valence-corrected chi connectivity index (χ1v) is 4.81. The van der Waals surface area contributed by atoms with Gasteiger partial charge >= 0.3 is 0 Å². The molecule has 1 aliphatic heterocycles. The maximum atomic E-state index is 11.2. The molecule has 2 rings (SSSR count). The summed E-state index contributed by atoms with van der Waals surface area (Å²) in [5, 5.41) is 2.76. The molecule has 0 radical (unpaired) electrons. The Morgan fingerprint density at radius 1 is 1.54 bits per heavy atom. The molecule has 0 fully saturated rings. The van der Waals surface area contributed by atoms with Crippen LogP contribution in [0.1, 0.15) is 5.56 Å². The zero-order valence-electron chi connectivity index (χ0n) is 6.88. The van der Waals surface area contributed by atoms with E-state index in [-0.39, 0.29) is 5.91 Å². The number of benzene rings is 1.